The summed E-state index contributed by atoms with van der Waals surface area (Å²) in [5, 5.41) is 0. The van der Waals surface area contributed by atoms with Gasteiger partial charge in [-0.15, -0.1) is 0 Å². The lowest BCUT2D eigenvalue weighted by Crippen LogP contribution is -2.49. The fourth-order valence-corrected chi connectivity index (χ4v) is 4.77. The molecule has 0 fully saturated rings. The van der Waals surface area contributed by atoms with Crippen LogP contribution in [0.4, 0.5) is 4.39 Å². The predicted molar refractivity (Wildman–Crippen MR) is 97.6 cm³/mol. The van der Waals surface area contributed by atoms with Crippen LogP contribution in [0.1, 0.15) is 30.5 Å². The quantitative estimate of drug-likeness (QED) is 0.664. The number of aromatic nitrogens is 1. The normalized spacial score (nSPS) is 23.6. The Morgan fingerprint density at radius 2 is 2.04 bits per heavy atom. The third-order valence-corrected chi connectivity index (χ3v) is 5.81. The van der Waals surface area contributed by atoms with Crippen molar-refractivity contribution in [3.05, 3.63) is 85.2 Å². The second kappa shape index (κ2) is 5.38. The topological polar surface area (TPSA) is 43.6 Å². The molecule has 26 heavy (non-hydrogen) atoms. The van der Waals surface area contributed by atoms with Crippen molar-refractivity contribution < 1.29 is 9.13 Å². The Balaban J connectivity index is 1.74. The van der Waals surface area contributed by atoms with E-state index in [2.05, 4.69) is 0 Å². The molecule has 2 atom stereocenters. The van der Waals surface area contributed by atoms with Crippen LogP contribution in [0, 0.1) is 5.82 Å². The minimum Gasteiger partial charge on any atom is -0.466 e. The molecule has 0 aliphatic carbocycles. The molecule has 2 aliphatic rings. The van der Waals surface area contributed by atoms with E-state index in [1.165, 1.54) is 23.5 Å². The highest BCUT2D eigenvalue weighted by molar-refractivity contribution is 7.07. The van der Waals surface area contributed by atoms with E-state index >= 15 is 0 Å². The van der Waals surface area contributed by atoms with Crippen LogP contribution in [-0.4, -0.2) is 10.3 Å². The molecule has 5 rings (SSSR count). The Labute approximate surface area is 152 Å². The summed E-state index contributed by atoms with van der Waals surface area (Å²) in [5.74, 6) is 0.484. The Hall–Kier alpha value is -2.73. The monoisotopic (exact) mass is 366 g/mol. The largest absolute Gasteiger partial charge is 0.466 e. The maximum atomic E-state index is 13.1. The van der Waals surface area contributed by atoms with Crippen molar-refractivity contribution in [3.63, 3.8) is 0 Å². The van der Waals surface area contributed by atoms with E-state index in [1.54, 1.807) is 22.8 Å². The van der Waals surface area contributed by atoms with Crippen molar-refractivity contribution in [2.75, 3.05) is 0 Å². The molecule has 0 amide bonds. The number of halogens is 1. The molecule has 1 aromatic heterocycles. The van der Waals surface area contributed by atoms with E-state index in [0.717, 1.165) is 16.9 Å². The van der Waals surface area contributed by atoms with Gasteiger partial charge in [-0.1, -0.05) is 41.7 Å². The summed E-state index contributed by atoms with van der Waals surface area (Å²) in [6, 6.07) is 13.8. The molecule has 0 radical (unpaired) electrons. The maximum Gasteiger partial charge on any atom is 0.270 e. The second-order valence-corrected chi connectivity index (χ2v) is 7.78. The lowest BCUT2D eigenvalue weighted by molar-refractivity contribution is 0.0410. The number of ether oxygens (including phenoxy) is 1. The molecule has 2 unspecified atom stereocenters. The van der Waals surface area contributed by atoms with E-state index in [0.29, 0.717) is 15.8 Å². The predicted octanol–water partition coefficient (Wildman–Crippen LogP) is 2.60. The van der Waals surface area contributed by atoms with Crippen LogP contribution in [-0.2, 0) is 0 Å². The number of benzene rings is 2. The first kappa shape index (κ1) is 15.5. The van der Waals surface area contributed by atoms with Crippen LogP contribution in [0.15, 0.2) is 58.3 Å². The first-order chi connectivity index (χ1) is 12.5. The summed E-state index contributed by atoms with van der Waals surface area (Å²) < 4.78 is 21.6. The van der Waals surface area contributed by atoms with Crippen molar-refractivity contribution in [3.8, 4) is 5.75 Å². The first-order valence-corrected chi connectivity index (χ1v) is 9.21. The van der Waals surface area contributed by atoms with Crippen LogP contribution < -0.4 is 19.6 Å². The van der Waals surface area contributed by atoms with Crippen molar-refractivity contribution in [2.45, 2.75) is 25.1 Å². The second-order valence-electron chi connectivity index (χ2n) is 6.77. The molecule has 0 N–H and O–H groups in total. The maximum absolute atomic E-state index is 13.1. The molecular formula is C20H15FN2O2S. The SMILES string of the molecule is CC12CC(c3ccccc3O1)n1c(sc(=Cc3ccc(F)cc3)c1=O)=N2. The van der Waals surface area contributed by atoms with Gasteiger partial charge in [0.2, 0.25) is 5.72 Å². The molecule has 0 spiro atoms. The molecule has 0 saturated heterocycles. The molecule has 3 aromatic rings. The van der Waals surface area contributed by atoms with Gasteiger partial charge >= 0.3 is 0 Å². The zero-order valence-electron chi connectivity index (χ0n) is 14.0. The molecule has 6 heteroatoms. The van der Waals surface area contributed by atoms with Crippen LogP contribution in [0.3, 0.4) is 0 Å². The van der Waals surface area contributed by atoms with Crippen LogP contribution >= 0.6 is 11.3 Å². The van der Waals surface area contributed by atoms with Crippen molar-refractivity contribution in [1.82, 2.24) is 4.57 Å². The highest BCUT2D eigenvalue weighted by atomic mass is 32.1. The van der Waals surface area contributed by atoms with Gasteiger partial charge in [0.15, 0.2) is 4.80 Å². The number of para-hydroxylation sites is 1. The van der Waals surface area contributed by atoms with Gasteiger partial charge in [-0.05, 0) is 36.8 Å². The van der Waals surface area contributed by atoms with Crippen molar-refractivity contribution in [1.29, 1.82) is 0 Å². The molecule has 130 valence electrons. The highest BCUT2D eigenvalue weighted by Gasteiger charge is 2.42. The van der Waals surface area contributed by atoms with Gasteiger partial charge in [0.05, 0.1) is 10.6 Å². The third-order valence-electron chi connectivity index (χ3n) is 4.83. The third kappa shape index (κ3) is 2.33. The van der Waals surface area contributed by atoms with Crippen molar-refractivity contribution in [2.24, 2.45) is 4.99 Å². The van der Waals surface area contributed by atoms with Gasteiger partial charge in [-0.3, -0.25) is 9.36 Å². The molecule has 2 aromatic carbocycles. The smallest absolute Gasteiger partial charge is 0.270 e. The van der Waals surface area contributed by atoms with Crippen LogP contribution in [0.5, 0.6) is 5.75 Å². The van der Waals surface area contributed by atoms with Gasteiger partial charge in [-0.25, -0.2) is 9.38 Å². The number of thiazole rings is 1. The Bertz CT molecular complexity index is 1200. The molecular weight excluding hydrogens is 351 g/mol. The molecule has 0 saturated carbocycles. The number of fused-ring (bicyclic) bond motifs is 6. The van der Waals surface area contributed by atoms with Crippen molar-refractivity contribution >= 4 is 17.4 Å². The standard InChI is InChI=1S/C20H15FN2O2S/c1-20-11-15(14-4-2-3-5-16(14)25-20)23-18(24)17(26-19(23)22-20)10-12-6-8-13(21)9-7-12/h2-10,15H,11H2,1H3. The fraction of sp³-hybridized carbons (Fsp3) is 0.200. The number of hydrogen-bond donors (Lipinski definition) is 0. The number of nitrogens with zero attached hydrogens (tertiary/aromatic N) is 2. The van der Waals surface area contributed by atoms with Gasteiger partial charge in [-0.2, -0.15) is 0 Å². The van der Waals surface area contributed by atoms with E-state index in [1.807, 2.05) is 31.2 Å². The van der Waals surface area contributed by atoms with E-state index in [9.17, 15) is 9.18 Å². The van der Waals surface area contributed by atoms with E-state index in [4.69, 9.17) is 9.73 Å². The number of hydrogen-bond acceptors (Lipinski definition) is 4. The zero-order valence-corrected chi connectivity index (χ0v) is 14.8. The molecule has 3 heterocycles. The summed E-state index contributed by atoms with van der Waals surface area (Å²) in [4.78, 5) is 18.4. The summed E-state index contributed by atoms with van der Waals surface area (Å²) in [6.07, 6.45) is 2.41. The van der Waals surface area contributed by atoms with E-state index < -0.39 is 5.72 Å². The average Bonchev–Trinajstić information content (AvgIpc) is 2.91. The van der Waals surface area contributed by atoms with Gasteiger partial charge in [0.1, 0.15) is 11.6 Å². The molecule has 4 nitrogen and oxygen atoms in total. The van der Waals surface area contributed by atoms with Gasteiger partial charge in [0.25, 0.3) is 5.56 Å². The number of rotatable bonds is 1. The van der Waals surface area contributed by atoms with Gasteiger partial charge < -0.3 is 4.74 Å². The van der Waals surface area contributed by atoms with E-state index in [-0.39, 0.29) is 17.4 Å². The Kier molecular flexibility index (Phi) is 3.21. The van der Waals surface area contributed by atoms with Crippen LogP contribution in [0.2, 0.25) is 0 Å². The van der Waals surface area contributed by atoms with Gasteiger partial charge in [0, 0.05) is 12.0 Å². The Morgan fingerprint density at radius 3 is 2.85 bits per heavy atom. The molecule has 2 aliphatic heterocycles. The minimum atomic E-state index is -0.663. The summed E-state index contributed by atoms with van der Waals surface area (Å²) in [6.45, 7) is 1.95. The Morgan fingerprint density at radius 1 is 1.27 bits per heavy atom. The summed E-state index contributed by atoms with van der Waals surface area (Å²) in [5.41, 5.74) is 1.06. The zero-order chi connectivity index (χ0) is 17.9. The molecule has 2 bridgehead atoms. The lowest BCUT2D eigenvalue weighted by Gasteiger charge is -2.39. The summed E-state index contributed by atoms with van der Waals surface area (Å²) in [7, 11) is 0. The lowest BCUT2D eigenvalue weighted by atomic mass is 9.93. The van der Waals surface area contributed by atoms with Crippen LogP contribution in [0.25, 0.3) is 6.08 Å². The fourth-order valence-electron chi connectivity index (χ4n) is 3.65. The minimum absolute atomic E-state index is 0.0678. The summed E-state index contributed by atoms with van der Waals surface area (Å²) >= 11 is 1.35. The average molecular weight is 366 g/mol. The highest BCUT2D eigenvalue weighted by Crippen LogP contribution is 2.42. The first-order valence-electron chi connectivity index (χ1n) is 8.39.